The number of aliphatic hydroxyl groups excluding tert-OH is 3. The van der Waals surface area contributed by atoms with E-state index in [0.717, 1.165) is 0 Å². The number of rotatable bonds is 0. The Labute approximate surface area is 124 Å². The number of nitrogens with one attached hydrogen (secondary N) is 1. The molecule has 4 rings (SSSR count). The fourth-order valence-corrected chi connectivity index (χ4v) is 3.09. The van der Waals surface area contributed by atoms with Gasteiger partial charge in [-0.05, 0) is 17.7 Å². The van der Waals surface area contributed by atoms with Crippen molar-refractivity contribution in [2.45, 2.75) is 24.4 Å². The molecular formula is C14H13NO7. The number of hydrogen-bond donors (Lipinski definition) is 5. The number of phenolic OH excluding ortho intramolecular Hbond substituents is 1. The quantitative estimate of drug-likeness (QED) is 0.403. The van der Waals surface area contributed by atoms with Crippen LogP contribution in [-0.2, 0) is 0 Å². The van der Waals surface area contributed by atoms with Crippen LogP contribution in [0.2, 0.25) is 0 Å². The van der Waals surface area contributed by atoms with Crippen LogP contribution in [0.3, 0.4) is 0 Å². The fraction of sp³-hybridized carbons (Fsp3) is 0.357. The van der Waals surface area contributed by atoms with Crippen molar-refractivity contribution in [1.29, 1.82) is 0 Å². The SMILES string of the molecule is O=C1N[C@@H]2C(=C[C@H](O)[C@H](O)[C@H]2O)c2cc3c(c(O)c21)OCO3. The Morgan fingerprint density at radius 2 is 1.95 bits per heavy atom. The molecule has 8 nitrogen and oxygen atoms in total. The number of carbonyl (C=O) groups excluding carboxylic acids is 1. The fourth-order valence-electron chi connectivity index (χ4n) is 3.09. The van der Waals surface area contributed by atoms with Crippen molar-refractivity contribution in [3.8, 4) is 17.2 Å². The van der Waals surface area contributed by atoms with Crippen molar-refractivity contribution < 1.29 is 34.7 Å². The standard InChI is InChI=1S/C14H13NO7/c16-6-1-5-4-2-7-13(22-3-21-7)11(18)8(4)14(20)15-9(5)12(19)10(6)17/h1-2,6,9-10,12,16-19H,3H2,(H,15,20)/t6-,9+,10-,12-/m0/s1. The average Bonchev–Trinajstić information content (AvgIpc) is 2.95. The van der Waals surface area contributed by atoms with Crippen LogP contribution >= 0.6 is 0 Å². The van der Waals surface area contributed by atoms with Gasteiger partial charge in [-0.15, -0.1) is 0 Å². The third kappa shape index (κ3) is 1.59. The number of hydrogen-bond acceptors (Lipinski definition) is 7. The second kappa shape index (κ2) is 4.35. The highest BCUT2D eigenvalue weighted by Gasteiger charge is 2.44. The Kier molecular flexibility index (Phi) is 2.65. The van der Waals surface area contributed by atoms with Crippen LogP contribution in [0.15, 0.2) is 12.1 Å². The van der Waals surface area contributed by atoms with Crippen LogP contribution in [0, 0.1) is 0 Å². The highest BCUT2D eigenvalue weighted by Crippen LogP contribution is 2.48. The lowest BCUT2D eigenvalue weighted by Crippen LogP contribution is -2.57. The van der Waals surface area contributed by atoms with Crippen LogP contribution < -0.4 is 14.8 Å². The Hall–Kier alpha value is -2.29. The van der Waals surface area contributed by atoms with Gasteiger partial charge in [0.15, 0.2) is 11.5 Å². The molecule has 116 valence electrons. The molecule has 0 saturated carbocycles. The Morgan fingerprint density at radius 3 is 2.73 bits per heavy atom. The number of ether oxygens (including phenoxy) is 2. The lowest BCUT2D eigenvalue weighted by Gasteiger charge is -2.39. The third-order valence-electron chi connectivity index (χ3n) is 4.19. The number of carbonyl (C=O) groups is 1. The van der Waals surface area contributed by atoms with E-state index in [2.05, 4.69) is 5.32 Å². The van der Waals surface area contributed by atoms with E-state index in [1.807, 2.05) is 0 Å². The minimum absolute atomic E-state index is 0.0115. The first-order valence-corrected chi connectivity index (χ1v) is 6.71. The molecule has 0 aromatic heterocycles. The first-order valence-electron chi connectivity index (χ1n) is 6.71. The zero-order chi connectivity index (χ0) is 15.6. The molecule has 4 atom stereocenters. The van der Waals surface area contributed by atoms with Crippen LogP contribution in [0.25, 0.3) is 5.57 Å². The lowest BCUT2D eigenvalue weighted by molar-refractivity contribution is -0.0535. The molecule has 2 heterocycles. The van der Waals surface area contributed by atoms with Gasteiger partial charge in [0.1, 0.15) is 18.3 Å². The molecule has 0 bridgehead atoms. The summed E-state index contributed by atoms with van der Waals surface area (Å²) >= 11 is 0. The van der Waals surface area contributed by atoms with E-state index >= 15 is 0 Å². The number of aliphatic hydroxyl groups is 3. The third-order valence-corrected chi connectivity index (χ3v) is 4.19. The highest BCUT2D eigenvalue weighted by molar-refractivity contribution is 6.07. The summed E-state index contributed by atoms with van der Waals surface area (Å²) < 4.78 is 10.3. The summed E-state index contributed by atoms with van der Waals surface area (Å²) in [6.45, 7) is -0.0696. The number of aromatic hydroxyl groups is 1. The molecule has 0 spiro atoms. The molecule has 2 aliphatic heterocycles. The Balaban J connectivity index is 1.95. The topological polar surface area (TPSA) is 128 Å². The number of fused-ring (bicyclic) bond motifs is 4. The van der Waals surface area contributed by atoms with E-state index < -0.39 is 30.3 Å². The van der Waals surface area contributed by atoms with Gasteiger partial charge in [-0.2, -0.15) is 0 Å². The van der Waals surface area contributed by atoms with Crippen molar-refractivity contribution in [3.63, 3.8) is 0 Å². The maximum atomic E-state index is 12.2. The van der Waals surface area contributed by atoms with E-state index in [1.54, 1.807) is 0 Å². The Morgan fingerprint density at radius 1 is 1.18 bits per heavy atom. The molecule has 1 aromatic rings. The van der Waals surface area contributed by atoms with Gasteiger partial charge >= 0.3 is 0 Å². The van der Waals surface area contributed by atoms with Crippen LogP contribution in [0.4, 0.5) is 0 Å². The van der Waals surface area contributed by atoms with Crippen LogP contribution in [-0.4, -0.2) is 57.5 Å². The van der Waals surface area contributed by atoms with Gasteiger partial charge < -0.3 is 35.2 Å². The average molecular weight is 307 g/mol. The second-order valence-corrected chi connectivity index (χ2v) is 5.43. The second-order valence-electron chi connectivity index (χ2n) is 5.43. The highest BCUT2D eigenvalue weighted by atomic mass is 16.7. The summed E-state index contributed by atoms with van der Waals surface area (Å²) in [6, 6.07) is 0.643. The molecule has 0 unspecified atom stereocenters. The molecular weight excluding hydrogens is 294 g/mol. The van der Waals surface area contributed by atoms with Crippen molar-refractivity contribution in [1.82, 2.24) is 5.32 Å². The molecule has 8 heteroatoms. The minimum atomic E-state index is -1.40. The van der Waals surface area contributed by atoms with Gasteiger partial charge in [0.25, 0.3) is 5.91 Å². The van der Waals surface area contributed by atoms with E-state index in [0.29, 0.717) is 11.1 Å². The van der Waals surface area contributed by atoms with E-state index in [-0.39, 0.29) is 29.6 Å². The maximum Gasteiger partial charge on any atom is 0.256 e. The summed E-state index contributed by atoms with van der Waals surface area (Å²) in [5.74, 6) is -0.585. The molecule has 0 radical (unpaired) electrons. The lowest BCUT2D eigenvalue weighted by atomic mass is 9.79. The smallest absolute Gasteiger partial charge is 0.256 e. The summed E-state index contributed by atoms with van der Waals surface area (Å²) in [6.07, 6.45) is -2.70. The van der Waals surface area contributed by atoms with E-state index in [9.17, 15) is 25.2 Å². The number of phenols is 1. The molecule has 1 amide bonds. The maximum absolute atomic E-state index is 12.2. The summed E-state index contributed by atoms with van der Waals surface area (Å²) in [4.78, 5) is 12.2. The molecule has 22 heavy (non-hydrogen) atoms. The molecule has 5 N–H and O–H groups in total. The molecule has 0 saturated heterocycles. The largest absolute Gasteiger partial charge is 0.504 e. The first kappa shape index (κ1) is 13.4. The van der Waals surface area contributed by atoms with E-state index in [4.69, 9.17) is 9.47 Å². The minimum Gasteiger partial charge on any atom is -0.504 e. The monoisotopic (exact) mass is 307 g/mol. The summed E-state index contributed by atoms with van der Waals surface area (Å²) in [5, 5.41) is 42.4. The van der Waals surface area contributed by atoms with Crippen molar-refractivity contribution in [3.05, 3.63) is 23.3 Å². The zero-order valence-corrected chi connectivity index (χ0v) is 11.2. The predicted molar refractivity (Wildman–Crippen MR) is 71.5 cm³/mol. The summed E-state index contributed by atoms with van der Waals surface area (Å²) in [5.41, 5.74) is 0.733. The van der Waals surface area contributed by atoms with Crippen molar-refractivity contribution in [2.75, 3.05) is 6.79 Å². The van der Waals surface area contributed by atoms with E-state index in [1.165, 1.54) is 12.1 Å². The molecule has 1 aliphatic carbocycles. The van der Waals surface area contributed by atoms with Crippen LogP contribution in [0.1, 0.15) is 15.9 Å². The van der Waals surface area contributed by atoms with Crippen LogP contribution in [0.5, 0.6) is 17.2 Å². The molecule has 0 fully saturated rings. The first-order chi connectivity index (χ1) is 10.5. The van der Waals surface area contributed by atoms with Gasteiger partial charge in [-0.1, -0.05) is 0 Å². The number of amides is 1. The van der Waals surface area contributed by atoms with Gasteiger partial charge in [0.05, 0.1) is 11.6 Å². The van der Waals surface area contributed by atoms with Gasteiger partial charge in [-0.3, -0.25) is 4.79 Å². The van der Waals surface area contributed by atoms with Gasteiger partial charge in [0.2, 0.25) is 12.5 Å². The predicted octanol–water partition coefficient (Wildman–Crippen LogP) is -1.29. The molecule has 1 aromatic carbocycles. The normalized spacial score (nSPS) is 32.0. The Bertz CT molecular complexity index is 714. The van der Waals surface area contributed by atoms with Gasteiger partial charge in [0, 0.05) is 5.56 Å². The van der Waals surface area contributed by atoms with Crippen molar-refractivity contribution >= 4 is 11.5 Å². The van der Waals surface area contributed by atoms with Crippen molar-refractivity contribution in [2.24, 2.45) is 0 Å². The number of benzene rings is 1. The zero-order valence-electron chi connectivity index (χ0n) is 11.2. The summed E-state index contributed by atoms with van der Waals surface area (Å²) in [7, 11) is 0. The van der Waals surface area contributed by atoms with Gasteiger partial charge in [-0.25, -0.2) is 0 Å². The molecule has 3 aliphatic rings.